The number of carbonyl (C=O) groups is 3. The van der Waals surface area contributed by atoms with Crippen LogP contribution in [0.1, 0.15) is 24.2 Å². The molecule has 1 heterocycles. The van der Waals surface area contributed by atoms with Crippen LogP contribution in [0.3, 0.4) is 0 Å². The maximum absolute atomic E-state index is 12.4. The molecule has 0 bridgehead atoms. The Kier molecular flexibility index (Phi) is 5.69. The van der Waals surface area contributed by atoms with Crippen LogP contribution in [0.25, 0.3) is 22.2 Å². The molecule has 2 aromatic carbocycles. The number of urea groups is 1. The third-order valence-electron chi connectivity index (χ3n) is 3.98. The van der Waals surface area contributed by atoms with E-state index in [2.05, 4.69) is 15.8 Å². The smallest absolute Gasteiger partial charge is 0.338 e. The first-order valence-electron chi connectivity index (χ1n) is 8.74. The first-order valence-corrected chi connectivity index (χ1v) is 8.74. The fraction of sp³-hybridized carbons (Fsp3) is 0.200. The number of fused-ring (bicyclic) bond motifs is 1. The van der Waals surface area contributed by atoms with Gasteiger partial charge >= 0.3 is 12.0 Å². The molecule has 1 aromatic heterocycles. The molecule has 2 N–H and O–H groups in total. The van der Waals surface area contributed by atoms with Gasteiger partial charge in [0.2, 0.25) is 0 Å². The van der Waals surface area contributed by atoms with Crippen molar-refractivity contribution in [3.05, 3.63) is 54.1 Å². The number of amides is 3. The topological polar surface area (TPSA) is 111 Å². The summed E-state index contributed by atoms with van der Waals surface area (Å²) >= 11 is 0. The monoisotopic (exact) mass is 381 g/mol. The van der Waals surface area contributed by atoms with Gasteiger partial charge < -0.3 is 14.6 Å². The second kappa shape index (κ2) is 8.34. The van der Waals surface area contributed by atoms with E-state index in [1.807, 2.05) is 30.3 Å². The highest BCUT2D eigenvalue weighted by Crippen LogP contribution is 2.29. The molecule has 8 nitrogen and oxygen atoms in total. The Morgan fingerprint density at radius 3 is 2.61 bits per heavy atom. The van der Waals surface area contributed by atoms with E-state index in [0.29, 0.717) is 23.2 Å². The van der Waals surface area contributed by atoms with Gasteiger partial charge in [0.05, 0.1) is 10.9 Å². The number of esters is 1. The Hall–Kier alpha value is -3.68. The van der Waals surface area contributed by atoms with Gasteiger partial charge in [0.25, 0.3) is 5.91 Å². The van der Waals surface area contributed by atoms with Crippen LogP contribution < -0.4 is 10.6 Å². The van der Waals surface area contributed by atoms with Crippen LogP contribution in [0.4, 0.5) is 4.79 Å². The van der Waals surface area contributed by atoms with E-state index in [1.165, 1.54) is 13.0 Å². The molecule has 144 valence electrons. The van der Waals surface area contributed by atoms with E-state index in [-0.39, 0.29) is 5.56 Å². The Labute approximate surface area is 160 Å². The molecule has 3 amide bonds. The van der Waals surface area contributed by atoms with Gasteiger partial charge in [0.1, 0.15) is 5.52 Å². The van der Waals surface area contributed by atoms with Crippen LogP contribution >= 0.6 is 0 Å². The maximum Gasteiger partial charge on any atom is 0.338 e. The number of benzene rings is 2. The number of nitrogens with zero attached hydrogens (tertiary/aromatic N) is 1. The normalized spacial score (nSPS) is 11.6. The standard InChI is InChI=1S/C20H19N3O5/c1-3-21-20(26)22-18(24)12(2)27-19(25)14-9-10-16-15(11-14)17(28-23-16)13-7-5-4-6-8-13/h4-12H,3H2,1-2H3,(H2,21,22,24,26)/t12-/m0/s1. The van der Waals surface area contributed by atoms with Crippen LogP contribution in [0, 0.1) is 0 Å². The van der Waals surface area contributed by atoms with Gasteiger partial charge in [0.15, 0.2) is 11.9 Å². The SMILES string of the molecule is CCNC(=O)NC(=O)[C@H](C)OC(=O)c1ccc2noc(-c3ccccc3)c2c1. The van der Waals surface area contributed by atoms with Crippen molar-refractivity contribution < 1.29 is 23.6 Å². The number of imide groups is 1. The summed E-state index contributed by atoms with van der Waals surface area (Å²) in [4.78, 5) is 35.8. The Balaban J connectivity index is 1.77. The van der Waals surface area contributed by atoms with E-state index >= 15 is 0 Å². The van der Waals surface area contributed by atoms with E-state index in [9.17, 15) is 14.4 Å². The predicted molar refractivity (Wildman–Crippen MR) is 102 cm³/mol. The average Bonchev–Trinajstić information content (AvgIpc) is 3.11. The summed E-state index contributed by atoms with van der Waals surface area (Å²) < 4.78 is 10.6. The second-order valence-electron chi connectivity index (χ2n) is 6.01. The minimum absolute atomic E-state index is 0.241. The molecule has 0 radical (unpaired) electrons. The summed E-state index contributed by atoms with van der Waals surface area (Å²) in [6, 6.07) is 13.5. The highest BCUT2D eigenvalue weighted by Gasteiger charge is 2.21. The minimum atomic E-state index is -1.14. The number of hydrogen-bond acceptors (Lipinski definition) is 6. The number of hydrogen-bond donors (Lipinski definition) is 2. The molecule has 0 saturated carbocycles. The lowest BCUT2D eigenvalue weighted by Crippen LogP contribution is -2.44. The zero-order valence-corrected chi connectivity index (χ0v) is 15.4. The van der Waals surface area contributed by atoms with Gasteiger partial charge in [0, 0.05) is 12.1 Å². The third-order valence-corrected chi connectivity index (χ3v) is 3.98. The summed E-state index contributed by atoms with van der Waals surface area (Å²) in [5.41, 5.74) is 1.66. The summed E-state index contributed by atoms with van der Waals surface area (Å²) in [7, 11) is 0. The molecule has 0 aliphatic carbocycles. The summed E-state index contributed by atoms with van der Waals surface area (Å²) in [5.74, 6) is -0.872. The molecule has 3 aromatic rings. The van der Waals surface area contributed by atoms with Gasteiger partial charge in [-0.25, -0.2) is 9.59 Å². The maximum atomic E-state index is 12.4. The molecule has 0 aliphatic heterocycles. The van der Waals surface area contributed by atoms with Crippen LogP contribution in [0.5, 0.6) is 0 Å². The molecular formula is C20H19N3O5. The molecule has 0 fully saturated rings. The average molecular weight is 381 g/mol. The molecule has 0 unspecified atom stereocenters. The van der Waals surface area contributed by atoms with E-state index < -0.39 is 24.0 Å². The third kappa shape index (κ3) is 4.17. The largest absolute Gasteiger partial charge is 0.449 e. The molecule has 0 saturated heterocycles. The Morgan fingerprint density at radius 1 is 1.14 bits per heavy atom. The van der Waals surface area contributed by atoms with E-state index in [1.54, 1.807) is 19.1 Å². The first-order chi connectivity index (χ1) is 13.5. The van der Waals surface area contributed by atoms with Crippen molar-refractivity contribution in [3.8, 4) is 11.3 Å². The fourth-order valence-corrected chi connectivity index (χ4v) is 2.57. The summed E-state index contributed by atoms with van der Waals surface area (Å²) in [6.07, 6.45) is -1.14. The number of nitrogens with one attached hydrogen (secondary N) is 2. The molecule has 8 heteroatoms. The molecular weight excluding hydrogens is 362 g/mol. The van der Waals surface area contributed by atoms with Crippen molar-refractivity contribution in [2.45, 2.75) is 20.0 Å². The van der Waals surface area contributed by atoms with Crippen molar-refractivity contribution in [2.24, 2.45) is 0 Å². The van der Waals surface area contributed by atoms with Crippen molar-refractivity contribution in [1.82, 2.24) is 15.8 Å². The van der Waals surface area contributed by atoms with Gasteiger partial charge in [-0.1, -0.05) is 35.5 Å². The molecule has 28 heavy (non-hydrogen) atoms. The Bertz CT molecular complexity index is 1010. The highest BCUT2D eigenvalue weighted by atomic mass is 16.5. The van der Waals surface area contributed by atoms with Crippen LogP contribution in [-0.2, 0) is 9.53 Å². The van der Waals surface area contributed by atoms with Gasteiger partial charge in [-0.15, -0.1) is 0 Å². The fourth-order valence-electron chi connectivity index (χ4n) is 2.57. The van der Waals surface area contributed by atoms with Crippen molar-refractivity contribution in [3.63, 3.8) is 0 Å². The second-order valence-corrected chi connectivity index (χ2v) is 6.01. The van der Waals surface area contributed by atoms with Crippen molar-refractivity contribution >= 4 is 28.8 Å². The van der Waals surface area contributed by atoms with Gasteiger partial charge in [-0.2, -0.15) is 0 Å². The lowest BCUT2D eigenvalue weighted by molar-refractivity contribution is -0.127. The predicted octanol–water partition coefficient (Wildman–Crippen LogP) is 2.89. The zero-order valence-electron chi connectivity index (χ0n) is 15.4. The molecule has 3 rings (SSSR count). The quantitative estimate of drug-likeness (QED) is 0.658. The van der Waals surface area contributed by atoms with E-state index in [0.717, 1.165) is 5.56 Å². The van der Waals surface area contributed by atoms with Crippen LogP contribution in [0.2, 0.25) is 0 Å². The number of carbonyl (C=O) groups excluding carboxylic acids is 3. The molecule has 0 aliphatic rings. The number of ether oxygens (including phenoxy) is 1. The van der Waals surface area contributed by atoms with Crippen LogP contribution in [-0.4, -0.2) is 35.7 Å². The lowest BCUT2D eigenvalue weighted by atomic mass is 10.1. The van der Waals surface area contributed by atoms with Gasteiger partial charge in [-0.3, -0.25) is 10.1 Å². The number of aromatic nitrogens is 1. The molecule has 0 spiro atoms. The first kappa shape index (κ1) is 19.1. The van der Waals surface area contributed by atoms with E-state index in [4.69, 9.17) is 9.26 Å². The highest BCUT2D eigenvalue weighted by molar-refractivity contribution is 6.01. The minimum Gasteiger partial charge on any atom is -0.449 e. The Morgan fingerprint density at radius 2 is 1.89 bits per heavy atom. The summed E-state index contributed by atoms with van der Waals surface area (Å²) in [6.45, 7) is 3.48. The zero-order chi connectivity index (χ0) is 20.1. The van der Waals surface area contributed by atoms with Crippen LogP contribution in [0.15, 0.2) is 53.1 Å². The van der Waals surface area contributed by atoms with Gasteiger partial charge in [-0.05, 0) is 32.0 Å². The van der Waals surface area contributed by atoms with Crippen molar-refractivity contribution in [1.29, 1.82) is 0 Å². The summed E-state index contributed by atoms with van der Waals surface area (Å²) in [5, 5.41) is 9.18. The lowest BCUT2D eigenvalue weighted by Gasteiger charge is -2.13. The molecule has 1 atom stereocenters. The van der Waals surface area contributed by atoms with Crippen molar-refractivity contribution in [2.75, 3.05) is 6.54 Å². The number of rotatable bonds is 5.